The SMILES string of the molecule is COc1ccc(CNS(=O)(=O)c2nnc(NC(=O)C(C)C)s2)cc1OC. The second-order valence-electron chi connectivity index (χ2n) is 5.53. The van der Waals surface area contributed by atoms with Gasteiger partial charge in [-0.05, 0) is 17.7 Å². The van der Waals surface area contributed by atoms with Crippen molar-refractivity contribution in [3.8, 4) is 11.5 Å². The molecule has 2 rings (SSSR count). The van der Waals surface area contributed by atoms with Crippen molar-refractivity contribution in [1.29, 1.82) is 0 Å². The van der Waals surface area contributed by atoms with Crippen LogP contribution in [0.25, 0.3) is 0 Å². The number of aromatic nitrogens is 2. The molecule has 1 aromatic carbocycles. The summed E-state index contributed by atoms with van der Waals surface area (Å²) in [6.07, 6.45) is 0. The minimum atomic E-state index is -3.86. The van der Waals surface area contributed by atoms with Crippen molar-refractivity contribution in [1.82, 2.24) is 14.9 Å². The van der Waals surface area contributed by atoms with Gasteiger partial charge in [0.2, 0.25) is 15.4 Å². The number of hydrogen-bond donors (Lipinski definition) is 2. The molecule has 0 unspecified atom stereocenters. The van der Waals surface area contributed by atoms with Crippen molar-refractivity contribution >= 4 is 32.4 Å². The summed E-state index contributed by atoms with van der Waals surface area (Å²) in [6.45, 7) is 3.48. The number of benzene rings is 1. The quantitative estimate of drug-likeness (QED) is 0.646. The Morgan fingerprint density at radius 2 is 1.88 bits per heavy atom. The number of sulfonamides is 1. The standard InChI is InChI=1S/C15H20N4O5S2/c1-9(2)13(20)17-14-18-19-15(25-14)26(21,22)16-8-10-5-6-11(23-3)12(7-10)24-4/h5-7,9,16H,8H2,1-4H3,(H,17,18,20). The van der Waals surface area contributed by atoms with E-state index in [1.807, 2.05) is 0 Å². The van der Waals surface area contributed by atoms with Gasteiger partial charge in [-0.1, -0.05) is 31.3 Å². The van der Waals surface area contributed by atoms with Crippen molar-refractivity contribution in [2.24, 2.45) is 5.92 Å². The van der Waals surface area contributed by atoms with Crippen LogP contribution in [0.2, 0.25) is 0 Å². The van der Waals surface area contributed by atoms with Crippen LogP contribution in [-0.2, 0) is 21.4 Å². The van der Waals surface area contributed by atoms with E-state index >= 15 is 0 Å². The summed E-state index contributed by atoms with van der Waals surface area (Å²) in [6, 6.07) is 5.08. The number of amides is 1. The Morgan fingerprint density at radius 1 is 1.19 bits per heavy atom. The predicted octanol–water partition coefficient (Wildman–Crippen LogP) is 1.63. The molecule has 0 radical (unpaired) electrons. The highest BCUT2D eigenvalue weighted by atomic mass is 32.2. The van der Waals surface area contributed by atoms with Crippen molar-refractivity contribution in [3.63, 3.8) is 0 Å². The van der Waals surface area contributed by atoms with E-state index in [0.717, 1.165) is 11.3 Å². The predicted molar refractivity (Wildman–Crippen MR) is 96.9 cm³/mol. The highest BCUT2D eigenvalue weighted by molar-refractivity contribution is 7.91. The number of carbonyl (C=O) groups is 1. The second-order valence-corrected chi connectivity index (χ2v) is 8.45. The number of methoxy groups -OCH3 is 2. The van der Waals surface area contributed by atoms with E-state index in [0.29, 0.717) is 17.1 Å². The monoisotopic (exact) mass is 400 g/mol. The number of nitrogens with zero attached hydrogens (tertiary/aromatic N) is 2. The van der Waals surface area contributed by atoms with Crippen LogP contribution in [0.4, 0.5) is 5.13 Å². The minimum absolute atomic E-state index is 0.0377. The number of ether oxygens (including phenoxy) is 2. The van der Waals surface area contributed by atoms with E-state index in [2.05, 4.69) is 20.2 Å². The number of hydrogen-bond acceptors (Lipinski definition) is 8. The Kier molecular flexibility index (Phi) is 6.51. The van der Waals surface area contributed by atoms with E-state index in [1.165, 1.54) is 14.2 Å². The summed E-state index contributed by atoms with van der Waals surface area (Å²) in [7, 11) is -0.838. The van der Waals surface area contributed by atoms with Gasteiger partial charge in [0.25, 0.3) is 10.0 Å². The molecule has 0 atom stereocenters. The molecule has 0 saturated heterocycles. The third kappa shape index (κ3) is 4.90. The smallest absolute Gasteiger partial charge is 0.270 e. The summed E-state index contributed by atoms with van der Waals surface area (Å²) in [5.41, 5.74) is 0.684. The number of carbonyl (C=O) groups excluding carboxylic acids is 1. The molecule has 0 aliphatic heterocycles. The molecule has 0 aliphatic carbocycles. The molecule has 0 aliphatic rings. The molecule has 1 heterocycles. The van der Waals surface area contributed by atoms with Gasteiger partial charge >= 0.3 is 0 Å². The zero-order valence-electron chi connectivity index (χ0n) is 14.8. The molecule has 0 fully saturated rings. The summed E-state index contributed by atoms with van der Waals surface area (Å²) in [5, 5.41) is 9.98. The van der Waals surface area contributed by atoms with E-state index in [4.69, 9.17) is 9.47 Å². The molecular formula is C15H20N4O5S2. The minimum Gasteiger partial charge on any atom is -0.493 e. The van der Waals surface area contributed by atoms with Crippen molar-refractivity contribution in [2.45, 2.75) is 24.7 Å². The Bertz CT molecular complexity index is 880. The van der Waals surface area contributed by atoms with Crippen LogP contribution >= 0.6 is 11.3 Å². The fourth-order valence-corrected chi connectivity index (χ4v) is 3.81. The van der Waals surface area contributed by atoms with Crippen molar-refractivity contribution < 1.29 is 22.7 Å². The lowest BCUT2D eigenvalue weighted by atomic mass is 10.2. The largest absolute Gasteiger partial charge is 0.493 e. The van der Waals surface area contributed by atoms with Gasteiger partial charge in [-0.3, -0.25) is 4.79 Å². The lowest BCUT2D eigenvalue weighted by Gasteiger charge is -2.10. The third-order valence-electron chi connectivity index (χ3n) is 3.31. The maximum Gasteiger partial charge on any atom is 0.270 e. The van der Waals surface area contributed by atoms with Gasteiger partial charge in [-0.2, -0.15) is 0 Å². The first-order chi connectivity index (χ1) is 12.3. The Balaban J connectivity index is 2.07. The van der Waals surface area contributed by atoms with E-state index in [1.54, 1.807) is 32.0 Å². The van der Waals surface area contributed by atoms with Crippen LogP contribution in [0.3, 0.4) is 0 Å². The van der Waals surface area contributed by atoms with Gasteiger partial charge in [-0.15, -0.1) is 10.2 Å². The van der Waals surface area contributed by atoms with Crippen molar-refractivity contribution in [2.75, 3.05) is 19.5 Å². The fourth-order valence-electron chi connectivity index (χ4n) is 1.85. The molecule has 2 N–H and O–H groups in total. The highest BCUT2D eigenvalue weighted by Crippen LogP contribution is 2.27. The van der Waals surface area contributed by atoms with Crippen LogP contribution in [0.1, 0.15) is 19.4 Å². The number of anilines is 1. The molecule has 1 aromatic heterocycles. The van der Waals surface area contributed by atoms with Gasteiger partial charge in [0.15, 0.2) is 11.5 Å². The number of nitrogens with one attached hydrogen (secondary N) is 2. The third-order valence-corrected chi connectivity index (χ3v) is 5.91. The first kappa shape index (κ1) is 20.1. The van der Waals surface area contributed by atoms with Gasteiger partial charge in [0.1, 0.15) is 0 Å². The lowest BCUT2D eigenvalue weighted by Crippen LogP contribution is -2.23. The van der Waals surface area contributed by atoms with Crippen LogP contribution in [0, 0.1) is 5.92 Å². The normalized spacial score (nSPS) is 11.4. The molecule has 142 valence electrons. The van der Waals surface area contributed by atoms with Gasteiger partial charge in [-0.25, -0.2) is 13.1 Å². The van der Waals surface area contributed by atoms with Crippen LogP contribution in [0.15, 0.2) is 22.5 Å². The van der Waals surface area contributed by atoms with Crippen LogP contribution in [0.5, 0.6) is 11.5 Å². The Morgan fingerprint density at radius 3 is 2.50 bits per heavy atom. The maximum atomic E-state index is 12.3. The molecule has 11 heteroatoms. The zero-order chi connectivity index (χ0) is 19.3. The maximum absolute atomic E-state index is 12.3. The van der Waals surface area contributed by atoms with Crippen LogP contribution in [-0.4, -0.2) is 38.7 Å². The first-order valence-corrected chi connectivity index (χ1v) is 9.91. The zero-order valence-corrected chi connectivity index (χ0v) is 16.4. The lowest BCUT2D eigenvalue weighted by molar-refractivity contribution is -0.118. The topological polar surface area (TPSA) is 120 Å². The second kappa shape index (κ2) is 8.43. The number of rotatable bonds is 8. The molecule has 2 aromatic rings. The average Bonchev–Trinajstić information content (AvgIpc) is 3.09. The molecule has 0 spiro atoms. The summed E-state index contributed by atoms with van der Waals surface area (Å²) in [4.78, 5) is 11.6. The molecule has 1 amide bonds. The summed E-state index contributed by atoms with van der Waals surface area (Å²) >= 11 is 0.785. The molecule has 26 heavy (non-hydrogen) atoms. The Hall–Kier alpha value is -2.24. The average molecular weight is 400 g/mol. The van der Waals surface area contributed by atoms with E-state index in [9.17, 15) is 13.2 Å². The highest BCUT2D eigenvalue weighted by Gasteiger charge is 2.21. The molecule has 9 nitrogen and oxygen atoms in total. The van der Waals surface area contributed by atoms with Gasteiger partial charge < -0.3 is 14.8 Å². The molecule has 0 bridgehead atoms. The fraction of sp³-hybridized carbons (Fsp3) is 0.400. The van der Waals surface area contributed by atoms with Crippen LogP contribution < -0.4 is 19.5 Å². The van der Waals surface area contributed by atoms with Crippen molar-refractivity contribution in [3.05, 3.63) is 23.8 Å². The molecular weight excluding hydrogens is 380 g/mol. The molecule has 0 saturated carbocycles. The van der Waals surface area contributed by atoms with E-state index in [-0.39, 0.29) is 27.8 Å². The Labute approximate surface area is 155 Å². The van der Waals surface area contributed by atoms with E-state index < -0.39 is 10.0 Å². The summed E-state index contributed by atoms with van der Waals surface area (Å²) in [5.74, 6) is 0.540. The van der Waals surface area contributed by atoms with Gasteiger partial charge in [0, 0.05) is 12.5 Å². The van der Waals surface area contributed by atoms with Gasteiger partial charge in [0.05, 0.1) is 14.2 Å². The summed E-state index contributed by atoms with van der Waals surface area (Å²) < 4.78 is 37.2. The first-order valence-electron chi connectivity index (χ1n) is 7.61.